The number of nitrogens with zero attached hydrogens (tertiary/aromatic N) is 2. The average Bonchev–Trinajstić information content (AvgIpc) is 3.03. The maximum absolute atomic E-state index is 12.8. The van der Waals surface area contributed by atoms with Crippen LogP contribution < -0.4 is 5.14 Å². The highest BCUT2D eigenvalue weighted by Crippen LogP contribution is 2.27. The summed E-state index contributed by atoms with van der Waals surface area (Å²) in [5, 5.41) is 9.09. The summed E-state index contributed by atoms with van der Waals surface area (Å²) in [7, 11) is -2.03. The van der Waals surface area contributed by atoms with Crippen molar-refractivity contribution in [3.05, 3.63) is 46.8 Å². The van der Waals surface area contributed by atoms with Crippen molar-refractivity contribution in [3.63, 3.8) is 0 Å². The second-order valence-electron chi connectivity index (χ2n) is 6.35. The van der Waals surface area contributed by atoms with Crippen LogP contribution >= 0.6 is 0 Å². The lowest BCUT2D eigenvalue weighted by molar-refractivity contribution is 0.0731. The summed E-state index contributed by atoms with van der Waals surface area (Å²) in [6.45, 7) is 1.87. The van der Waals surface area contributed by atoms with E-state index in [1.807, 2.05) is 6.92 Å². The molecule has 0 saturated carbocycles. The molecule has 2 aromatic rings. The molecule has 8 heteroatoms. The number of amides is 1. The Hall–Kier alpha value is -2.19. The van der Waals surface area contributed by atoms with E-state index >= 15 is 0 Å². The number of nitrogens with two attached hydrogens (primary N) is 1. The molecule has 1 aliphatic carbocycles. The Kier molecular flexibility index (Phi) is 4.66. The highest BCUT2D eigenvalue weighted by molar-refractivity contribution is 7.89. The smallest absolute Gasteiger partial charge is 0.276 e. The van der Waals surface area contributed by atoms with E-state index in [2.05, 4.69) is 5.16 Å². The van der Waals surface area contributed by atoms with Crippen molar-refractivity contribution in [3.8, 4) is 0 Å². The molecule has 0 saturated heterocycles. The standard InChI is InChI=1S/C17H21N3O4S/c1-11(12-7-9-13(10-8-12)25(18,22)23)20(2)17(21)16-14-5-3-4-6-15(14)24-19-16/h7-11H,3-6H2,1-2H3,(H2,18,22,23). The van der Waals surface area contributed by atoms with Gasteiger partial charge in [-0.3, -0.25) is 4.79 Å². The first kappa shape index (κ1) is 17.6. The summed E-state index contributed by atoms with van der Waals surface area (Å²) in [5.41, 5.74) is 2.10. The number of aromatic nitrogens is 1. The van der Waals surface area contributed by atoms with Crippen LogP contribution in [-0.2, 0) is 22.9 Å². The van der Waals surface area contributed by atoms with Crippen LogP contribution in [0.2, 0.25) is 0 Å². The number of carbonyl (C=O) groups is 1. The lowest BCUT2D eigenvalue weighted by Crippen LogP contribution is -2.30. The quantitative estimate of drug-likeness (QED) is 0.894. The maximum atomic E-state index is 12.8. The Bertz CT molecular complexity index is 887. The van der Waals surface area contributed by atoms with Gasteiger partial charge in [0.2, 0.25) is 10.0 Å². The van der Waals surface area contributed by atoms with Gasteiger partial charge < -0.3 is 9.42 Å². The average molecular weight is 363 g/mol. The molecule has 25 heavy (non-hydrogen) atoms. The highest BCUT2D eigenvalue weighted by Gasteiger charge is 2.28. The van der Waals surface area contributed by atoms with Crippen molar-refractivity contribution in [1.82, 2.24) is 10.1 Å². The van der Waals surface area contributed by atoms with E-state index < -0.39 is 10.0 Å². The van der Waals surface area contributed by atoms with E-state index in [1.54, 1.807) is 24.1 Å². The first-order chi connectivity index (χ1) is 11.8. The number of hydrogen-bond acceptors (Lipinski definition) is 5. The third-order valence-electron chi connectivity index (χ3n) is 4.75. The molecule has 7 nitrogen and oxygen atoms in total. The zero-order valence-electron chi connectivity index (χ0n) is 14.2. The van der Waals surface area contributed by atoms with Crippen LogP contribution in [0.15, 0.2) is 33.7 Å². The number of sulfonamides is 1. The fourth-order valence-corrected chi connectivity index (χ4v) is 3.57. The van der Waals surface area contributed by atoms with E-state index in [0.717, 1.165) is 42.6 Å². The third-order valence-corrected chi connectivity index (χ3v) is 5.67. The molecule has 0 aliphatic heterocycles. The Balaban J connectivity index is 1.81. The van der Waals surface area contributed by atoms with Gasteiger partial charge in [0, 0.05) is 19.0 Å². The number of carbonyl (C=O) groups excluding carboxylic acids is 1. The molecule has 0 radical (unpaired) electrons. The molecule has 2 N–H and O–H groups in total. The Morgan fingerprint density at radius 1 is 1.24 bits per heavy atom. The van der Waals surface area contributed by atoms with Gasteiger partial charge in [-0.2, -0.15) is 0 Å². The first-order valence-electron chi connectivity index (χ1n) is 8.16. The molecule has 1 atom stereocenters. The van der Waals surface area contributed by atoms with Crippen LogP contribution in [0.3, 0.4) is 0 Å². The molecule has 0 fully saturated rings. The van der Waals surface area contributed by atoms with Crippen LogP contribution in [-0.4, -0.2) is 31.4 Å². The minimum absolute atomic E-state index is 0.0444. The van der Waals surface area contributed by atoms with Gasteiger partial charge in [-0.05, 0) is 43.9 Å². The fraction of sp³-hybridized carbons (Fsp3) is 0.412. The molecule has 1 aromatic heterocycles. The Morgan fingerprint density at radius 3 is 2.52 bits per heavy atom. The monoisotopic (exact) mass is 363 g/mol. The number of benzene rings is 1. The van der Waals surface area contributed by atoms with Crippen LogP contribution in [0, 0.1) is 0 Å². The summed E-state index contributed by atoms with van der Waals surface area (Å²) in [6.07, 6.45) is 3.72. The molecule has 1 aromatic carbocycles. The molecule has 1 aliphatic rings. The van der Waals surface area contributed by atoms with Gasteiger partial charge >= 0.3 is 0 Å². The van der Waals surface area contributed by atoms with Gasteiger partial charge in [0.05, 0.1) is 10.9 Å². The van der Waals surface area contributed by atoms with Gasteiger partial charge in [0.15, 0.2) is 5.69 Å². The largest absolute Gasteiger partial charge is 0.360 e. The second-order valence-corrected chi connectivity index (χ2v) is 7.91. The summed E-state index contributed by atoms with van der Waals surface area (Å²) in [6, 6.07) is 5.95. The van der Waals surface area contributed by atoms with Gasteiger partial charge in [-0.15, -0.1) is 0 Å². The minimum atomic E-state index is -3.73. The van der Waals surface area contributed by atoms with E-state index in [9.17, 15) is 13.2 Å². The number of aryl methyl sites for hydroxylation is 1. The first-order valence-corrected chi connectivity index (χ1v) is 9.71. The Labute approximate surface area is 146 Å². The lowest BCUT2D eigenvalue weighted by atomic mass is 9.96. The molecule has 3 rings (SSSR count). The molecular formula is C17H21N3O4S. The van der Waals surface area contributed by atoms with Gasteiger partial charge in [-0.25, -0.2) is 13.6 Å². The highest BCUT2D eigenvalue weighted by atomic mass is 32.2. The number of hydrogen-bond donors (Lipinski definition) is 1. The minimum Gasteiger partial charge on any atom is -0.360 e. The third kappa shape index (κ3) is 3.45. The zero-order valence-corrected chi connectivity index (χ0v) is 15.0. The Morgan fingerprint density at radius 2 is 1.88 bits per heavy atom. The van der Waals surface area contributed by atoms with Crippen molar-refractivity contribution < 1.29 is 17.7 Å². The van der Waals surface area contributed by atoms with Crippen molar-refractivity contribution in [1.29, 1.82) is 0 Å². The van der Waals surface area contributed by atoms with E-state index in [1.165, 1.54) is 12.1 Å². The summed E-state index contributed by atoms with van der Waals surface area (Å²) in [4.78, 5) is 14.4. The molecule has 1 unspecified atom stereocenters. The van der Waals surface area contributed by atoms with Crippen molar-refractivity contribution in [2.45, 2.75) is 43.5 Å². The molecule has 1 amide bonds. The van der Waals surface area contributed by atoms with Crippen LogP contribution in [0.5, 0.6) is 0 Å². The summed E-state index contributed by atoms with van der Waals surface area (Å²) < 4.78 is 28.0. The van der Waals surface area contributed by atoms with Crippen LogP contribution in [0.25, 0.3) is 0 Å². The number of rotatable bonds is 4. The zero-order chi connectivity index (χ0) is 18.2. The van der Waals surface area contributed by atoms with Gasteiger partial charge in [0.1, 0.15) is 5.76 Å². The predicted octanol–water partition coefficient (Wildman–Crippen LogP) is 2.03. The van der Waals surface area contributed by atoms with E-state index in [4.69, 9.17) is 9.66 Å². The van der Waals surface area contributed by atoms with Crippen molar-refractivity contribution >= 4 is 15.9 Å². The molecule has 1 heterocycles. The predicted molar refractivity (Wildman–Crippen MR) is 91.5 cm³/mol. The lowest BCUT2D eigenvalue weighted by Gasteiger charge is -2.25. The second kappa shape index (κ2) is 6.61. The van der Waals surface area contributed by atoms with Crippen LogP contribution in [0.4, 0.5) is 0 Å². The van der Waals surface area contributed by atoms with E-state index in [-0.39, 0.29) is 16.8 Å². The molecular weight excluding hydrogens is 342 g/mol. The topological polar surface area (TPSA) is 106 Å². The normalized spacial score (nSPS) is 15.5. The van der Waals surface area contributed by atoms with Gasteiger partial charge in [0.25, 0.3) is 5.91 Å². The maximum Gasteiger partial charge on any atom is 0.276 e. The summed E-state index contributed by atoms with van der Waals surface area (Å²) >= 11 is 0. The summed E-state index contributed by atoms with van der Waals surface area (Å²) in [5.74, 6) is 0.614. The molecule has 0 bridgehead atoms. The number of fused-ring (bicyclic) bond motifs is 1. The van der Waals surface area contributed by atoms with E-state index in [0.29, 0.717) is 5.69 Å². The van der Waals surface area contributed by atoms with Gasteiger partial charge in [-0.1, -0.05) is 17.3 Å². The fourth-order valence-electron chi connectivity index (χ4n) is 3.06. The van der Waals surface area contributed by atoms with Crippen molar-refractivity contribution in [2.75, 3.05) is 7.05 Å². The molecule has 134 valence electrons. The SMILES string of the molecule is CC(c1ccc(S(N)(=O)=O)cc1)N(C)C(=O)c1noc2c1CCCC2. The van der Waals surface area contributed by atoms with Crippen molar-refractivity contribution in [2.24, 2.45) is 5.14 Å². The van der Waals surface area contributed by atoms with Crippen LogP contribution in [0.1, 0.15) is 53.2 Å². The number of primary sulfonamides is 1. The molecule has 0 spiro atoms.